The van der Waals surface area contributed by atoms with E-state index in [4.69, 9.17) is 5.73 Å². The van der Waals surface area contributed by atoms with E-state index in [0.717, 1.165) is 11.3 Å². The maximum absolute atomic E-state index is 12.7. The highest BCUT2D eigenvalue weighted by Gasteiger charge is 2.15. The molecule has 4 nitrogen and oxygen atoms in total. The highest BCUT2D eigenvalue weighted by molar-refractivity contribution is 5.86. The number of ketones is 1. The van der Waals surface area contributed by atoms with Crippen molar-refractivity contribution in [3.8, 4) is 0 Å². The Morgan fingerprint density at radius 1 is 1.39 bits per heavy atom. The van der Waals surface area contributed by atoms with Crippen LogP contribution >= 0.6 is 0 Å². The monoisotopic (exact) mass is 247 g/mol. The van der Waals surface area contributed by atoms with Crippen molar-refractivity contribution < 1.29 is 9.18 Å². The molecule has 1 heterocycles. The van der Waals surface area contributed by atoms with Gasteiger partial charge in [0.15, 0.2) is 5.78 Å². The van der Waals surface area contributed by atoms with Gasteiger partial charge in [-0.25, -0.2) is 9.37 Å². The summed E-state index contributed by atoms with van der Waals surface area (Å²) in [5.41, 5.74) is 7.41. The molecule has 0 aliphatic carbocycles. The summed E-state index contributed by atoms with van der Waals surface area (Å²) < 4.78 is 12.7. The second-order valence-corrected chi connectivity index (χ2v) is 4.16. The first kappa shape index (κ1) is 12.4. The number of imidazole rings is 1. The fraction of sp³-hybridized carbons (Fsp3) is 0.231. The zero-order valence-electron chi connectivity index (χ0n) is 9.77. The van der Waals surface area contributed by atoms with E-state index in [9.17, 15) is 9.18 Å². The molecule has 3 N–H and O–H groups in total. The van der Waals surface area contributed by atoms with Gasteiger partial charge in [-0.1, -0.05) is 12.1 Å². The standard InChI is InChI=1S/C13H14FN3O/c14-10-3-1-9(2-4-10)5-13(18)12(15)6-11-7-16-8-17-11/h1-4,7-8,12H,5-6,15H2,(H,16,17)/t12-/m0/s1. The first-order valence-electron chi connectivity index (χ1n) is 5.65. The molecule has 1 atom stereocenters. The lowest BCUT2D eigenvalue weighted by molar-refractivity contribution is -0.119. The number of carbonyl (C=O) groups is 1. The number of rotatable bonds is 5. The summed E-state index contributed by atoms with van der Waals surface area (Å²) in [5.74, 6) is -0.385. The number of nitrogens with one attached hydrogen (secondary N) is 1. The van der Waals surface area contributed by atoms with E-state index in [1.807, 2.05) is 0 Å². The Morgan fingerprint density at radius 3 is 2.72 bits per heavy atom. The quantitative estimate of drug-likeness (QED) is 0.834. The fourth-order valence-electron chi connectivity index (χ4n) is 1.68. The third-order valence-corrected chi connectivity index (χ3v) is 2.70. The van der Waals surface area contributed by atoms with Crippen LogP contribution in [-0.2, 0) is 17.6 Å². The van der Waals surface area contributed by atoms with Gasteiger partial charge >= 0.3 is 0 Å². The largest absolute Gasteiger partial charge is 0.348 e. The summed E-state index contributed by atoms with van der Waals surface area (Å²) in [5, 5.41) is 0. The number of hydrogen-bond acceptors (Lipinski definition) is 3. The Kier molecular flexibility index (Phi) is 3.84. The van der Waals surface area contributed by atoms with Crippen LogP contribution in [0.4, 0.5) is 4.39 Å². The summed E-state index contributed by atoms with van der Waals surface area (Å²) in [6.45, 7) is 0. The van der Waals surface area contributed by atoms with E-state index in [0.29, 0.717) is 6.42 Å². The maximum atomic E-state index is 12.7. The van der Waals surface area contributed by atoms with E-state index >= 15 is 0 Å². The normalized spacial score (nSPS) is 12.3. The molecule has 1 aromatic carbocycles. The maximum Gasteiger partial charge on any atom is 0.154 e. The fourth-order valence-corrected chi connectivity index (χ4v) is 1.68. The van der Waals surface area contributed by atoms with Crippen LogP contribution in [0.1, 0.15) is 11.3 Å². The van der Waals surface area contributed by atoms with Crippen molar-refractivity contribution in [2.45, 2.75) is 18.9 Å². The number of benzene rings is 1. The Hall–Kier alpha value is -2.01. The van der Waals surface area contributed by atoms with Crippen LogP contribution in [0.2, 0.25) is 0 Å². The zero-order chi connectivity index (χ0) is 13.0. The second-order valence-electron chi connectivity index (χ2n) is 4.16. The third-order valence-electron chi connectivity index (χ3n) is 2.70. The minimum absolute atomic E-state index is 0.0730. The zero-order valence-corrected chi connectivity index (χ0v) is 9.77. The molecule has 94 valence electrons. The molecule has 0 saturated heterocycles. The van der Waals surface area contributed by atoms with Crippen molar-refractivity contribution in [1.82, 2.24) is 9.97 Å². The Labute approximate surface area is 104 Å². The van der Waals surface area contributed by atoms with E-state index in [2.05, 4.69) is 9.97 Å². The first-order valence-corrected chi connectivity index (χ1v) is 5.65. The van der Waals surface area contributed by atoms with Crippen LogP contribution in [0.15, 0.2) is 36.8 Å². The van der Waals surface area contributed by atoms with Crippen LogP contribution in [0.25, 0.3) is 0 Å². The van der Waals surface area contributed by atoms with E-state index in [1.54, 1.807) is 24.7 Å². The second kappa shape index (κ2) is 5.55. The number of carbonyl (C=O) groups excluding carboxylic acids is 1. The number of halogens is 1. The smallest absolute Gasteiger partial charge is 0.154 e. The van der Waals surface area contributed by atoms with E-state index < -0.39 is 6.04 Å². The predicted molar refractivity (Wildman–Crippen MR) is 65.4 cm³/mol. The molecule has 0 bridgehead atoms. The van der Waals surface area contributed by atoms with Crippen molar-refractivity contribution in [2.75, 3.05) is 0 Å². The van der Waals surface area contributed by atoms with Crippen LogP contribution in [0.3, 0.4) is 0 Å². The number of nitrogens with zero attached hydrogens (tertiary/aromatic N) is 1. The summed E-state index contributed by atoms with van der Waals surface area (Å²) in [4.78, 5) is 18.6. The highest BCUT2D eigenvalue weighted by atomic mass is 19.1. The van der Waals surface area contributed by atoms with Gasteiger partial charge in [-0.15, -0.1) is 0 Å². The van der Waals surface area contributed by atoms with Gasteiger partial charge in [0.2, 0.25) is 0 Å². The van der Waals surface area contributed by atoms with Gasteiger partial charge in [0.05, 0.1) is 12.4 Å². The van der Waals surface area contributed by atoms with Crippen molar-refractivity contribution >= 4 is 5.78 Å². The molecule has 0 unspecified atom stereocenters. The van der Waals surface area contributed by atoms with Gasteiger partial charge in [-0.2, -0.15) is 0 Å². The van der Waals surface area contributed by atoms with Gasteiger partial charge in [0.1, 0.15) is 5.82 Å². The number of aromatic amines is 1. The average Bonchev–Trinajstić information content (AvgIpc) is 2.85. The number of nitrogens with two attached hydrogens (primary N) is 1. The highest BCUT2D eigenvalue weighted by Crippen LogP contribution is 2.06. The molecule has 2 aromatic rings. The lowest BCUT2D eigenvalue weighted by Gasteiger charge is -2.09. The lowest BCUT2D eigenvalue weighted by atomic mass is 10.0. The Morgan fingerprint density at radius 2 is 2.11 bits per heavy atom. The van der Waals surface area contributed by atoms with Crippen molar-refractivity contribution in [3.63, 3.8) is 0 Å². The third kappa shape index (κ3) is 3.24. The molecule has 0 saturated carbocycles. The molecule has 2 rings (SSSR count). The predicted octanol–water partition coefficient (Wildman–Crippen LogP) is 1.23. The van der Waals surface area contributed by atoms with Crippen LogP contribution in [-0.4, -0.2) is 21.8 Å². The Balaban J connectivity index is 1.93. The van der Waals surface area contributed by atoms with Crippen LogP contribution in [0, 0.1) is 5.82 Å². The van der Waals surface area contributed by atoms with Gasteiger partial charge < -0.3 is 10.7 Å². The average molecular weight is 247 g/mol. The number of hydrogen-bond donors (Lipinski definition) is 2. The SMILES string of the molecule is N[C@@H](Cc1cnc[nH]1)C(=O)Cc1ccc(F)cc1. The molecular weight excluding hydrogens is 233 g/mol. The van der Waals surface area contributed by atoms with Crippen molar-refractivity contribution in [1.29, 1.82) is 0 Å². The summed E-state index contributed by atoms with van der Waals surface area (Å²) in [7, 11) is 0. The summed E-state index contributed by atoms with van der Waals surface area (Å²) in [6, 6.07) is 5.29. The lowest BCUT2D eigenvalue weighted by Crippen LogP contribution is -2.34. The van der Waals surface area contributed by atoms with E-state index in [-0.39, 0.29) is 18.0 Å². The minimum atomic E-state index is -0.574. The summed E-state index contributed by atoms with van der Waals surface area (Å²) >= 11 is 0. The van der Waals surface area contributed by atoms with Gasteiger partial charge in [-0.05, 0) is 17.7 Å². The molecule has 0 radical (unpaired) electrons. The molecule has 0 fully saturated rings. The van der Waals surface area contributed by atoms with Crippen molar-refractivity contribution in [2.24, 2.45) is 5.73 Å². The molecule has 0 aliphatic heterocycles. The molecule has 0 spiro atoms. The van der Waals surface area contributed by atoms with E-state index in [1.165, 1.54) is 12.1 Å². The minimum Gasteiger partial charge on any atom is -0.348 e. The number of aromatic nitrogens is 2. The first-order chi connectivity index (χ1) is 8.65. The van der Waals surface area contributed by atoms with Gasteiger partial charge in [0, 0.05) is 24.7 Å². The molecule has 0 aliphatic rings. The van der Waals surface area contributed by atoms with Crippen molar-refractivity contribution in [3.05, 3.63) is 53.9 Å². The van der Waals surface area contributed by atoms with Crippen LogP contribution in [0.5, 0.6) is 0 Å². The number of Topliss-reactive ketones (excluding diaryl/α,β-unsaturated/α-hetero) is 1. The van der Waals surface area contributed by atoms with Gasteiger partial charge in [-0.3, -0.25) is 4.79 Å². The van der Waals surface area contributed by atoms with Gasteiger partial charge in [0.25, 0.3) is 0 Å². The molecule has 18 heavy (non-hydrogen) atoms. The van der Waals surface area contributed by atoms with Crippen LogP contribution < -0.4 is 5.73 Å². The topological polar surface area (TPSA) is 71.8 Å². The Bertz CT molecular complexity index is 508. The number of H-pyrrole nitrogens is 1. The molecule has 1 aromatic heterocycles. The molecular formula is C13H14FN3O. The summed E-state index contributed by atoms with van der Waals surface area (Å²) in [6.07, 6.45) is 3.84. The molecule has 0 amide bonds. The molecule has 5 heteroatoms.